The van der Waals surface area contributed by atoms with Crippen LogP contribution in [0.25, 0.3) is 0 Å². The monoisotopic (exact) mass is 315 g/mol. The number of amides is 1. The number of rotatable bonds is 5. The lowest BCUT2D eigenvalue weighted by Gasteiger charge is -2.32. The van der Waals surface area contributed by atoms with E-state index in [0.717, 1.165) is 44.5 Å². The minimum atomic E-state index is 0.342. The third kappa shape index (κ3) is 4.77. The Balaban J connectivity index is 1.69. The Bertz CT molecular complexity index is 477. The van der Waals surface area contributed by atoms with Crippen LogP contribution in [0, 0.1) is 5.92 Å². The summed E-state index contributed by atoms with van der Waals surface area (Å²) in [5, 5.41) is 3.45. The second-order valence-corrected chi connectivity index (χ2v) is 7.03. The molecule has 1 atom stereocenters. The molecule has 1 aliphatic heterocycles. The average Bonchev–Trinajstić information content (AvgIpc) is 2.93. The summed E-state index contributed by atoms with van der Waals surface area (Å²) in [4.78, 5) is 19.6. The summed E-state index contributed by atoms with van der Waals surface area (Å²) in [6.07, 6.45) is 10.9. The van der Waals surface area contributed by atoms with Gasteiger partial charge in [-0.05, 0) is 63.2 Å². The van der Waals surface area contributed by atoms with E-state index in [4.69, 9.17) is 0 Å². The van der Waals surface area contributed by atoms with Gasteiger partial charge in [-0.1, -0.05) is 18.9 Å². The van der Waals surface area contributed by atoms with Gasteiger partial charge in [0.15, 0.2) is 0 Å². The van der Waals surface area contributed by atoms with E-state index in [9.17, 15) is 4.79 Å². The molecule has 0 aromatic carbocycles. The molecule has 1 aromatic rings. The fourth-order valence-electron chi connectivity index (χ4n) is 3.98. The lowest BCUT2D eigenvalue weighted by atomic mass is 10.0. The van der Waals surface area contributed by atoms with Crippen molar-refractivity contribution in [3.05, 3.63) is 30.1 Å². The molecular weight excluding hydrogens is 286 g/mol. The second kappa shape index (κ2) is 8.44. The predicted molar refractivity (Wildman–Crippen MR) is 91.9 cm³/mol. The molecule has 2 heterocycles. The number of pyridine rings is 1. The van der Waals surface area contributed by atoms with Gasteiger partial charge in [-0.2, -0.15) is 0 Å². The highest BCUT2D eigenvalue weighted by Crippen LogP contribution is 2.29. The van der Waals surface area contributed by atoms with Gasteiger partial charge in [0.1, 0.15) is 0 Å². The van der Waals surface area contributed by atoms with Crippen molar-refractivity contribution in [3.63, 3.8) is 0 Å². The maximum atomic E-state index is 13.0. The van der Waals surface area contributed by atoms with Crippen LogP contribution in [0.15, 0.2) is 24.4 Å². The first-order chi connectivity index (χ1) is 11.3. The van der Waals surface area contributed by atoms with Gasteiger partial charge in [-0.25, -0.2) is 0 Å². The summed E-state index contributed by atoms with van der Waals surface area (Å²) >= 11 is 0. The van der Waals surface area contributed by atoms with Crippen LogP contribution in [0.4, 0.5) is 0 Å². The first-order valence-corrected chi connectivity index (χ1v) is 9.23. The van der Waals surface area contributed by atoms with Crippen molar-refractivity contribution in [1.29, 1.82) is 0 Å². The van der Waals surface area contributed by atoms with E-state index in [-0.39, 0.29) is 0 Å². The van der Waals surface area contributed by atoms with Gasteiger partial charge in [-0.15, -0.1) is 0 Å². The molecule has 0 spiro atoms. The summed E-state index contributed by atoms with van der Waals surface area (Å²) in [5.41, 5.74) is 1.00. The van der Waals surface area contributed by atoms with E-state index < -0.39 is 0 Å². The Kier molecular flexibility index (Phi) is 6.03. The summed E-state index contributed by atoms with van der Waals surface area (Å²) in [5.74, 6) is 0.951. The summed E-state index contributed by atoms with van der Waals surface area (Å²) in [6, 6.07) is 6.34. The van der Waals surface area contributed by atoms with Crippen molar-refractivity contribution in [1.82, 2.24) is 15.2 Å². The zero-order valence-electron chi connectivity index (χ0n) is 14.0. The molecule has 1 saturated heterocycles. The van der Waals surface area contributed by atoms with Gasteiger partial charge >= 0.3 is 0 Å². The highest BCUT2D eigenvalue weighted by molar-refractivity contribution is 5.76. The van der Waals surface area contributed by atoms with E-state index in [1.807, 2.05) is 24.4 Å². The molecule has 0 radical (unpaired) electrons. The lowest BCUT2D eigenvalue weighted by molar-refractivity contribution is -0.135. The fourth-order valence-corrected chi connectivity index (χ4v) is 3.98. The minimum absolute atomic E-state index is 0.342. The smallest absolute Gasteiger partial charge is 0.223 e. The first kappa shape index (κ1) is 16.4. The lowest BCUT2D eigenvalue weighted by Crippen LogP contribution is -2.41. The number of aromatic nitrogens is 1. The fraction of sp³-hybridized carbons (Fsp3) is 0.684. The normalized spacial score (nSPS) is 22.7. The quantitative estimate of drug-likeness (QED) is 0.908. The molecule has 1 aliphatic carbocycles. The van der Waals surface area contributed by atoms with Crippen molar-refractivity contribution in [3.8, 4) is 0 Å². The van der Waals surface area contributed by atoms with Crippen LogP contribution < -0.4 is 5.32 Å². The van der Waals surface area contributed by atoms with Gasteiger partial charge < -0.3 is 10.2 Å². The van der Waals surface area contributed by atoms with Crippen LogP contribution in [0.5, 0.6) is 0 Å². The summed E-state index contributed by atoms with van der Waals surface area (Å²) in [7, 11) is 0. The number of carbonyl (C=O) groups is 1. The largest absolute Gasteiger partial charge is 0.334 e. The van der Waals surface area contributed by atoms with Crippen molar-refractivity contribution in [2.75, 3.05) is 13.1 Å². The molecule has 0 bridgehead atoms. The zero-order valence-corrected chi connectivity index (χ0v) is 14.0. The molecule has 1 saturated carbocycles. The minimum Gasteiger partial charge on any atom is -0.334 e. The number of nitrogens with zero attached hydrogens (tertiary/aromatic N) is 2. The SMILES string of the molecule is O=C(CC1CCCC1)N(Cc1ccccn1)C1CCCNCC1. The van der Waals surface area contributed by atoms with Gasteiger partial charge in [0.2, 0.25) is 5.91 Å². The molecule has 4 heteroatoms. The second-order valence-electron chi connectivity index (χ2n) is 7.03. The molecular formula is C19H29N3O. The maximum absolute atomic E-state index is 13.0. The van der Waals surface area contributed by atoms with Crippen molar-refractivity contribution >= 4 is 5.91 Å². The van der Waals surface area contributed by atoms with E-state index in [1.165, 1.54) is 25.7 Å². The summed E-state index contributed by atoms with van der Waals surface area (Å²) in [6.45, 7) is 2.75. The first-order valence-electron chi connectivity index (χ1n) is 9.23. The molecule has 3 rings (SSSR count). The van der Waals surface area contributed by atoms with E-state index in [1.54, 1.807) is 0 Å². The average molecular weight is 315 g/mol. The van der Waals surface area contributed by atoms with Gasteiger partial charge in [-0.3, -0.25) is 9.78 Å². The van der Waals surface area contributed by atoms with Crippen LogP contribution >= 0.6 is 0 Å². The van der Waals surface area contributed by atoms with Crippen LogP contribution in [-0.4, -0.2) is 34.9 Å². The number of hydrogen-bond donors (Lipinski definition) is 1. The molecule has 2 aliphatic rings. The third-order valence-electron chi connectivity index (χ3n) is 5.30. The Labute approximate surface area is 139 Å². The van der Waals surface area contributed by atoms with Crippen molar-refractivity contribution < 1.29 is 4.79 Å². The highest BCUT2D eigenvalue weighted by Gasteiger charge is 2.28. The van der Waals surface area contributed by atoms with Crippen LogP contribution in [0.2, 0.25) is 0 Å². The predicted octanol–water partition coefficient (Wildman–Crippen LogP) is 3.13. The Morgan fingerprint density at radius 1 is 1.13 bits per heavy atom. The van der Waals surface area contributed by atoms with Crippen molar-refractivity contribution in [2.45, 2.75) is 64.0 Å². The molecule has 1 aromatic heterocycles. The maximum Gasteiger partial charge on any atom is 0.223 e. The van der Waals surface area contributed by atoms with E-state index >= 15 is 0 Å². The number of hydrogen-bond acceptors (Lipinski definition) is 3. The van der Waals surface area contributed by atoms with Crippen LogP contribution in [0.3, 0.4) is 0 Å². The van der Waals surface area contributed by atoms with E-state index in [2.05, 4.69) is 15.2 Å². The van der Waals surface area contributed by atoms with Crippen molar-refractivity contribution in [2.24, 2.45) is 5.92 Å². The highest BCUT2D eigenvalue weighted by atomic mass is 16.2. The molecule has 1 unspecified atom stereocenters. The number of carbonyl (C=O) groups excluding carboxylic acids is 1. The molecule has 1 N–H and O–H groups in total. The molecule has 23 heavy (non-hydrogen) atoms. The van der Waals surface area contributed by atoms with Crippen LogP contribution in [-0.2, 0) is 11.3 Å². The molecule has 1 amide bonds. The zero-order chi connectivity index (χ0) is 15.9. The number of nitrogens with one attached hydrogen (secondary N) is 1. The summed E-state index contributed by atoms with van der Waals surface area (Å²) < 4.78 is 0. The van der Waals surface area contributed by atoms with E-state index in [0.29, 0.717) is 24.4 Å². The third-order valence-corrected chi connectivity index (χ3v) is 5.30. The Morgan fingerprint density at radius 2 is 2.00 bits per heavy atom. The topological polar surface area (TPSA) is 45.2 Å². The van der Waals surface area contributed by atoms with Crippen LogP contribution in [0.1, 0.15) is 57.1 Å². The molecule has 4 nitrogen and oxygen atoms in total. The van der Waals surface area contributed by atoms with Gasteiger partial charge in [0, 0.05) is 18.7 Å². The Morgan fingerprint density at radius 3 is 2.78 bits per heavy atom. The van der Waals surface area contributed by atoms with Gasteiger partial charge in [0.25, 0.3) is 0 Å². The Hall–Kier alpha value is -1.42. The van der Waals surface area contributed by atoms with Gasteiger partial charge in [0.05, 0.1) is 12.2 Å². The standard InChI is InChI=1S/C19H29N3O/c23-19(14-16-6-1-2-7-16)22(15-17-8-3-4-12-21-17)18-9-5-11-20-13-10-18/h3-4,8,12,16,18,20H,1-2,5-7,9-11,13-15H2. The molecule has 2 fully saturated rings. The molecule has 126 valence electrons.